The van der Waals surface area contributed by atoms with Crippen molar-refractivity contribution >= 4 is 53.3 Å². The number of hydrogen-bond donors (Lipinski definition) is 1. The third-order valence-electron chi connectivity index (χ3n) is 3.93. The number of aromatic amines is 1. The van der Waals surface area contributed by atoms with Gasteiger partial charge in [0.1, 0.15) is 0 Å². The Labute approximate surface area is 119 Å². The summed E-state index contributed by atoms with van der Waals surface area (Å²) in [5, 5.41) is 5.12. The Hall–Kier alpha value is -2.32. The highest BCUT2D eigenvalue weighted by molar-refractivity contribution is 7.26. The molecule has 93 valence electrons. The zero-order chi connectivity index (χ0) is 13.1. The van der Waals surface area contributed by atoms with Gasteiger partial charge in [0, 0.05) is 36.5 Å². The fourth-order valence-electron chi connectivity index (χ4n) is 3.05. The summed E-state index contributed by atoms with van der Waals surface area (Å²) in [5.41, 5.74) is 2.43. The van der Waals surface area contributed by atoms with Gasteiger partial charge in [0.2, 0.25) is 0 Å². The van der Waals surface area contributed by atoms with Crippen molar-refractivity contribution in [1.29, 1.82) is 0 Å². The van der Waals surface area contributed by atoms with E-state index in [9.17, 15) is 0 Å². The summed E-state index contributed by atoms with van der Waals surface area (Å²) < 4.78 is 2.62. The summed E-state index contributed by atoms with van der Waals surface area (Å²) in [6.45, 7) is 0. The minimum Gasteiger partial charge on any atom is -0.354 e. The second-order valence-electron chi connectivity index (χ2n) is 5.04. The predicted molar refractivity (Wildman–Crippen MR) is 87.5 cm³/mol. The van der Waals surface area contributed by atoms with Crippen LogP contribution in [0.4, 0.5) is 0 Å². The summed E-state index contributed by atoms with van der Waals surface area (Å²) in [6.07, 6.45) is 0. The molecule has 0 saturated carbocycles. The monoisotopic (exact) mass is 272 g/mol. The fraction of sp³-hybridized carbons (Fsp3) is 0. The molecule has 5 rings (SSSR count). The van der Waals surface area contributed by atoms with Gasteiger partial charge in [0.15, 0.2) is 0 Å². The molecule has 0 saturated heterocycles. The highest BCUT2D eigenvalue weighted by Gasteiger charge is 2.11. The van der Waals surface area contributed by atoms with Crippen molar-refractivity contribution in [3.05, 3.63) is 60.7 Å². The Morgan fingerprint density at radius 2 is 1.80 bits per heavy atom. The Morgan fingerprint density at radius 1 is 0.850 bits per heavy atom. The molecule has 0 aliphatic rings. The van der Waals surface area contributed by atoms with Gasteiger partial charge < -0.3 is 4.98 Å². The summed E-state index contributed by atoms with van der Waals surface area (Å²) in [7, 11) is 0. The van der Waals surface area contributed by atoms with Crippen LogP contribution in [0.2, 0.25) is 0 Å². The molecule has 2 aromatic heterocycles. The zero-order valence-electron chi connectivity index (χ0n) is 10.6. The van der Waals surface area contributed by atoms with Crippen molar-refractivity contribution in [3.63, 3.8) is 0 Å². The van der Waals surface area contributed by atoms with Crippen LogP contribution in [0.5, 0.6) is 0 Å². The smallest absolute Gasteiger partial charge is 0.0559 e. The van der Waals surface area contributed by atoms with Crippen molar-refractivity contribution in [2.75, 3.05) is 0 Å². The molecule has 1 N–H and O–H groups in total. The first-order chi connectivity index (χ1) is 9.92. The van der Waals surface area contributed by atoms with E-state index in [0.29, 0.717) is 0 Å². The Balaban J connectivity index is 2.14. The maximum atomic E-state index is 3.59. The predicted octanol–water partition coefficient (Wildman–Crippen LogP) is 5.49. The Morgan fingerprint density at radius 3 is 2.80 bits per heavy atom. The molecule has 0 fully saturated rings. The van der Waals surface area contributed by atoms with Crippen LogP contribution >= 0.6 is 11.3 Å². The van der Waals surface area contributed by atoms with E-state index >= 15 is 0 Å². The number of H-pyrrole nitrogens is 1. The van der Waals surface area contributed by atoms with Crippen LogP contribution in [0.3, 0.4) is 0 Å². The quantitative estimate of drug-likeness (QED) is 0.383. The number of hydrogen-bond acceptors (Lipinski definition) is 1. The van der Waals surface area contributed by atoms with Crippen LogP contribution in [0.15, 0.2) is 54.6 Å². The third-order valence-corrected chi connectivity index (χ3v) is 5.05. The Kier molecular flexibility index (Phi) is 1.89. The number of fused-ring (bicyclic) bond motifs is 7. The topological polar surface area (TPSA) is 15.8 Å². The van der Waals surface area contributed by atoms with E-state index in [4.69, 9.17) is 0 Å². The molecule has 0 atom stereocenters. The molecule has 5 aromatic rings. The standard InChI is InChI=1S/C18H10NS/c1-3-7-14-11(5-1)12-9-10-16-17(18(12)19-14)13-6-2-4-8-15(13)20-16/h1-5,7-10,19H. The SMILES string of the molecule is [c]1cccc2sc3ccc4c5ccccc5[nH]c4c3c12. The van der Waals surface area contributed by atoms with Gasteiger partial charge in [0.05, 0.1) is 5.52 Å². The van der Waals surface area contributed by atoms with Gasteiger partial charge in [-0.3, -0.25) is 0 Å². The lowest BCUT2D eigenvalue weighted by Crippen LogP contribution is -1.71. The van der Waals surface area contributed by atoms with E-state index in [2.05, 4.69) is 59.6 Å². The van der Waals surface area contributed by atoms with E-state index in [1.165, 1.54) is 42.0 Å². The zero-order valence-corrected chi connectivity index (χ0v) is 11.4. The molecule has 3 aromatic carbocycles. The second kappa shape index (κ2) is 3.62. The number of rotatable bonds is 0. The summed E-state index contributed by atoms with van der Waals surface area (Å²) >= 11 is 1.84. The molecule has 0 aliphatic carbocycles. The van der Waals surface area contributed by atoms with Gasteiger partial charge in [0.25, 0.3) is 0 Å². The molecule has 2 heteroatoms. The molecular formula is C18H10NS. The molecule has 0 spiro atoms. The normalized spacial score (nSPS) is 12.0. The van der Waals surface area contributed by atoms with Gasteiger partial charge in [-0.2, -0.15) is 0 Å². The third kappa shape index (κ3) is 1.22. The molecule has 1 radical (unpaired) electrons. The number of thiophene rings is 1. The number of benzene rings is 3. The number of nitrogens with one attached hydrogen (secondary N) is 1. The molecule has 0 bridgehead atoms. The van der Waals surface area contributed by atoms with Crippen LogP contribution in [-0.4, -0.2) is 4.98 Å². The number of aromatic nitrogens is 1. The van der Waals surface area contributed by atoms with Crippen LogP contribution in [-0.2, 0) is 0 Å². The van der Waals surface area contributed by atoms with E-state index in [0.717, 1.165) is 0 Å². The molecular weight excluding hydrogens is 262 g/mol. The average Bonchev–Trinajstić information content (AvgIpc) is 3.04. The summed E-state index contributed by atoms with van der Waals surface area (Å²) in [5.74, 6) is 0. The first-order valence-corrected chi connectivity index (χ1v) is 7.46. The minimum absolute atomic E-state index is 1.20. The molecule has 0 aliphatic heterocycles. The van der Waals surface area contributed by atoms with E-state index < -0.39 is 0 Å². The van der Waals surface area contributed by atoms with Crippen molar-refractivity contribution in [2.45, 2.75) is 0 Å². The molecule has 0 unspecified atom stereocenters. The lowest BCUT2D eigenvalue weighted by Gasteiger charge is -1.94. The van der Waals surface area contributed by atoms with Gasteiger partial charge >= 0.3 is 0 Å². The Bertz CT molecular complexity index is 1100. The van der Waals surface area contributed by atoms with Crippen molar-refractivity contribution in [2.24, 2.45) is 0 Å². The highest BCUT2D eigenvalue weighted by Crippen LogP contribution is 2.39. The molecule has 0 amide bonds. The molecule has 20 heavy (non-hydrogen) atoms. The summed E-state index contributed by atoms with van der Waals surface area (Å²) in [6, 6.07) is 22.6. The summed E-state index contributed by atoms with van der Waals surface area (Å²) in [4.78, 5) is 3.59. The van der Waals surface area contributed by atoms with Gasteiger partial charge in [-0.1, -0.05) is 36.4 Å². The minimum atomic E-state index is 1.20. The maximum absolute atomic E-state index is 3.59. The van der Waals surface area contributed by atoms with E-state index in [1.54, 1.807) is 0 Å². The second-order valence-corrected chi connectivity index (χ2v) is 6.13. The molecule has 2 heterocycles. The van der Waals surface area contributed by atoms with Gasteiger partial charge in [-0.05, 0) is 24.3 Å². The maximum Gasteiger partial charge on any atom is 0.0559 e. The number of para-hydroxylation sites is 1. The first-order valence-electron chi connectivity index (χ1n) is 6.64. The van der Waals surface area contributed by atoms with E-state index in [1.807, 2.05) is 17.4 Å². The van der Waals surface area contributed by atoms with Gasteiger partial charge in [-0.15, -0.1) is 11.3 Å². The average molecular weight is 272 g/mol. The lowest BCUT2D eigenvalue weighted by molar-refractivity contribution is 1.57. The van der Waals surface area contributed by atoms with Crippen LogP contribution in [0.1, 0.15) is 0 Å². The lowest BCUT2D eigenvalue weighted by atomic mass is 10.1. The first kappa shape index (κ1) is 10.5. The fourth-order valence-corrected chi connectivity index (χ4v) is 4.14. The largest absolute Gasteiger partial charge is 0.354 e. The van der Waals surface area contributed by atoms with Crippen LogP contribution < -0.4 is 0 Å². The van der Waals surface area contributed by atoms with Crippen LogP contribution in [0.25, 0.3) is 42.0 Å². The van der Waals surface area contributed by atoms with Crippen molar-refractivity contribution in [3.8, 4) is 0 Å². The molecule has 1 nitrogen and oxygen atoms in total. The highest BCUT2D eigenvalue weighted by atomic mass is 32.1. The van der Waals surface area contributed by atoms with Crippen molar-refractivity contribution in [1.82, 2.24) is 4.98 Å². The van der Waals surface area contributed by atoms with Crippen LogP contribution in [0, 0.1) is 6.07 Å². The van der Waals surface area contributed by atoms with Gasteiger partial charge in [-0.25, -0.2) is 0 Å². The van der Waals surface area contributed by atoms with E-state index in [-0.39, 0.29) is 0 Å². The van der Waals surface area contributed by atoms with Crippen molar-refractivity contribution < 1.29 is 0 Å².